The Bertz CT molecular complexity index is 6130. The quantitative estimate of drug-likeness (QED) is 0.0249. The van der Waals surface area contributed by atoms with Gasteiger partial charge in [0, 0.05) is 109 Å². The van der Waals surface area contributed by atoms with Gasteiger partial charge in [0.15, 0.2) is 12.4 Å². The average molecular weight is 1890 g/mol. The highest BCUT2D eigenvalue weighted by Crippen LogP contribution is 2.39. The van der Waals surface area contributed by atoms with Crippen LogP contribution >= 0.6 is 95.0 Å². The maximum atomic E-state index is 11.5. The second-order valence-corrected chi connectivity index (χ2v) is 28.1. The number of aryl methyl sites for hydroxylation is 3. The van der Waals surface area contributed by atoms with Crippen LogP contribution in [0.2, 0.25) is 15.5 Å². The number of anilines is 2. The summed E-state index contributed by atoms with van der Waals surface area (Å²) in [6, 6.07) is 55.4. The van der Waals surface area contributed by atoms with Crippen LogP contribution in [-0.4, -0.2) is 96.6 Å². The van der Waals surface area contributed by atoms with Crippen molar-refractivity contribution in [2.75, 3.05) is 24.3 Å². The average Bonchev–Trinajstić information content (AvgIpc) is 0.793. The van der Waals surface area contributed by atoms with Crippen LogP contribution < -0.4 is 31.5 Å². The molecule has 1 aliphatic rings. The predicted molar refractivity (Wildman–Crippen MR) is 477 cm³/mol. The van der Waals surface area contributed by atoms with Gasteiger partial charge in [-0.05, 0) is 164 Å². The molecule has 38 heteroatoms. The fourth-order valence-electron chi connectivity index (χ4n) is 11.2. The maximum Gasteiger partial charge on any atom is 0.489 e. The smallest absolute Gasteiger partial charge is 0.466 e. The summed E-state index contributed by atoms with van der Waals surface area (Å²) in [4.78, 5) is 105. The van der Waals surface area contributed by atoms with Crippen LogP contribution in [0.1, 0.15) is 44.9 Å². The molecule has 15 rings (SSSR count). The summed E-state index contributed by atoms with van der Waals surface area (Å²) in [6.07, 6.45) is 8.97. The number of H-pyrrole nitrogens is 1. The molecule has 0 saturated carbocycles. The molecule has 8 aromatic carbocycles. The molecule has 0 unspecified atom stereocenters. The molecule has 30 nitrogen and oxygen atoms in total. The van der Waals surface area contributed by atoms with Crippen LogP contribution in [0.3, 0.4) is 0 Å². The number of nitro groups is 5. The number of pyridine rings is 6. The number of rotatable bonds is 12. The minimum absolute atomic E-state index is 0. The Labute approximate surface area is 724 Å². The second-order valence-electron chi connectivity index (χ2n) is 24.3. The largest absolute Gasteiger partial charge is 0.489 e. The molecule has 0 atom stereocenters. The van der Waals surface area contributed by atoms with E-state index < -0.39 is 43.0 Å². The zero-order valence-electron chi connectivity index (χ0n) is 62.5. The van der Waals surface area contributed by atoms with E-state index in [-0.39, 0.29) is 88.8 Å². The molecule has 1 aliphatic heterocycles. The van der Waals surface area contributed by atoms with Crippen LogP contribution in [0.25, 0.3) is 76.5 Å². The molecular formula is C81H69BBr3Cl4N13O17. The molecule has 0 fully saturated rings. The number of nitrogen functional groups attached to an aromatic ring is 1. The fourth-order valence-corrected chi connectivity index (χ4v) is 12.7. The maximum absolute atomic E-state index is 11.5. The van der Waals surface area contributed by atoms with Gasteiger partial charge in [0.2, 0.25) is 21.3 Å². The monoisotopic (exact) mass is 1880 g/mol. The van der Waals surface area contributed by atoms with Crippen molar-refractivity contribution < 1.29 is 53.7 Å². The zero-order chi connectivity index (χ0) is 85.5. The zero-order valence-corrected chi connectivity index (χ0v) is 70.4. The summed E-state index contributed by atoms with van der Waals surface area (Å²) in [5.74, 6) is -0.109. The molecular weight excluding hydrogens is 1820 g/mol. The van der Waals surface area contributed by atoms with E-state index in [2.05, 4.69) is 83.0 Å². The van der Waals surface area contributed by atoms with Gasteiger partial charge in [0.1, 0.15) is 12.3 Å². The van der Waals surface area contributed by atoms with Crippen molar-refractivity contribution in [3.63, 3.8) is 0 Å². The number of Topliss-reactive ketones (excluding diaryl/α,β-unsaturated/α-hetero) is 1. The summed E-state index contributed by atoms with van der Waals surface area (Å²) in [6.45, 7) is 11.2. The summed E-state index contributed by atoms with van der Waals surface area (Å²) in [5.41, 5.74) is 14.4. The highest BCUT2D eigenvalue weighted by molar-refractivity contribution is 9.11. The lowest BCUT2D eigenvalue weighted by atomic mass is 9.76. The van der Waals surface area contributed by atoms with Crippen molar-refractivity contribution in [1.29, 1.82) is 0 Å². The van der Waals surface area contributed by atoms with Gasteiger partial charge in [-0.15, -0.1) is 12.4 Å². The number of hydrogen-bond donors (Lipinski definition) is 5. The Morgan fingerprint density at radius 1 is 0.504 bits per heavy atom. The lowest BCUT2D eigenvalue weighted by molar-refractivity contribution is -0.386. The summed E-state index contributed by atoms with van der Waals surface area (Å²) >= 11 is 25.7. The third-order valence-corrected chi connectivity index (χ3v) is 18.8. The second kappa shape index (κ2) is 44.8. The summed E-state index contributed by atoms with van der Waals surface area (Å²) in [7, 11) is -1.40. The van der Waals surface area contributed by atoms with Gasteiger partial charge in [-0.25, -0.2) is 24.9 Å². The van der Waals surface area contributed by atoms with E-state index in [4.69, 9.17) is 60.1 Å². The first-order chi connectivity index (χ1) is 55.8. The van der Waals surface area contributed by atoms with Gasteiger partial charge in [-0.1, -0.05) is 196 Å². The number of halogens is 7. The Balaban J connectivity index is 0.000000219. The summed E-state index contributed by atoms with van der Waals surface area (Å²) < 4.78 is 12.0. The molecule has 1 amide bonds. The molecule has 7 heterocycles. The number of aromatic amines is 1. The molecule has 119 heavy (non-hydrogen) atoms. The molecule has 0 aliphatic carbocycles. The van der Waals surface area contributed by atoms with Gasteiger partial charge >= 0.3 is 41.1 Å². The highest BCUT2D eigenvalue weighted by Gasteiger charge is 2.24. The number of carbonyl (C=O) groups is 2. The van der Waals surface area contributed by atoms with E-state index in [0.29, 0.717) is 41.6 Å². The Kier molecular flexibility index (Phi) is 36.0. The predicted octanol–water partition coefficient (Wildman–Crippen LogP) is 20.4. The number of amides is 1. The van der Waals surface area contributed by atoms with E-state index >= 15 is 0 Å². The minimum Gasteiger partial charge on any atom is -0.466 e. The normalized spacial score (nSPS) is 10.6. The molecule has 0 bridgehead atoms. The van der Waals surface area contributed by atoms with Crippen molar-refractivity contribution >= 4 is 202 Å². The van der Waals surface area contributed by atoms with Gasteiger partial charge in [0.05, 0.1) is 24.6 Å². The Morgan fingerprint density at radius 2 is 0.874 bits per heavy atom. The third kappa shape index (κ3) is 25.3. The van der Waals surface area contributed by atoms with Gasteiger partial charge in [-0.2, -0.15) is 0 Å². The SMILES string of the molecule is C.CC.CC(=O)COc1ncc(-c2ccc(C)c3ccccc23)cc1[N+](=O)[O-].Cc1ccc(-c2cnc(Cl)c([N+](=O)[O-])c2)c2ccccc12.Cc1ccc(B(O)O)c2ccccc12.Cl.Nc1ccc(-c2cnc3c(c2)NC(=O)CO3)c2ccccc12.O=[N+]([O-])c1cc(Br)cnc1Cl.O=[N+]([O-])c1cc(Br)cnc1Cl.O=c1[nH]cc(Br)cc1[N+](=O)[O-]. The van der Waals surface area contributed by atoms with Crippen LogP contribution in [0, 0.1) is 71.3 Å². The molecule has 6 N–H and O–H groups in total. The van der Waals surface area contributed by atoms with Gasteiger partial charge in [0.25, 0.3) is 11.8 Å². The number of fused-ring (bicyclic) bond motifs is 5. The van der Waals surface area contributed by atoms with Crippen molar-refractivity contribution in [1.82, 2.24) is 29.9 Å². The number of ketones is 1. The molecule has 6 aromatic heterocycles. The van der Waals surface area contributed by atoms with Gasteiger partial charge in [-0.3, -0.25) is 65.0 Å². The molecule has 14 aromatic rings. The van der Waals surface area contributed by atoms with Crippen LogP contribution in [0.4, 0.5) is 39.8 Å². The van der Waals surface area contributed by atoms with Crippen molar-refractivity contribution in [3.8, 4) is 45.1 Å². The lowest BCUT2D eigenvalue weighted by Crippen LogP contribution is -2.30. The van der Waals surface area contributed by atoms with E-state index in [9.17, 15) is 65.0 Å². The Hall–Kier alpha value is -12.4. The van der Waals surface area contributed by atoms with Gasteiger partial charge < -0.3 is 35.6 Å². The number of carbonyl (C=O) groups excluding carboxylic acids is 2. The van der Waals surface area contributed by atoms with Crippen molar-refractivity contribution in [3.05, 3.63) is 326 Å². The Morgan fingerprint density at radius 3 is 1.32 bits per heavy atom. The highest BCUT2D eigenvalue weighted by atomic mass is 79.9. The standard InChI is InChI=1S/C19H16N2O4.C17H13N3O2.C16H11ClN2O2.C11H11BO2.2C5H2BrClN2O2.C5H3BrN2O3.C2H6.CH4.ClH/c1-12-7-8-16(17-6-4-3-5-15(12)17)14-9-18(21(23)24)19(20-10-14)25-11-13(2)22;18-14-6-5-11(12-3-1-2-4-13(12)14)10-7-15-17(19-8-10)22-9-16(21)20-15;1-10-6-7-13(14-5-3-2-4-12(10)14)11-8-15(19(20)21)16(17)18-9-11;1-8-6-7-11(12(13)14)10-5-3-2-4-9(8)10;2*6-3-1-4(9(10)11)5(7)8-2-3;6-3-1-4(8(10)11)5(9)7-2-3;1-2;;/h3-10H,11H2,1-2H3;1-8H,9,18H2,(H,20,21);2-9H,1H3;2-7,13-14H,1H3;2*1-2H;1-2H,(H,7,9);1-2H3;1H4;1H. The molecule has 0 radical (unpaired) electrons. The van der Waals surface area contributed by atoms with Crippen molar-refractivity contribution in [2.24, 2.45) is 0 Å². The topological polar surface area (TPSA) is 444 Å². The number of aromatic nitrogens is 6. The van der Waals surface area contributed by atoms with Crippen LogP contribution in [0.5, 0.6) is 11.8 Å². The number of benzene rings is 8. The molecule has 612 valence electrons. The first kappa shape index (κ1) is 95.5. The van der Waals surface area contributed by atoms with Crippen molar-refractivity contribution in [2.45, 2.75) is 49.0 Å². The lowest BCUT2D eigenvalue weighted by Gasteiger charge is -2.18. The summed E-state index contributed by atoms with van der Waals surface area (Å²) in [5, 5.41) is 82.1. The van der Waals surface area contributed by atoms with E-state index in [1.807, 2.05) is 180 Å². The first-order valence-corrected chi connectivity index (χ1v) is 37.8. The number of hydrogen-bond acceptors (Lipinski definition) is 23. The number of ether oxygens (including phenoxy) is 2. The fraction of sp³-hybridized carbons (Fsp3) is 0.111. The number of nitrogens with one attached hydrogen (secondary N) is 2. The van der Waals surface area contributed by atoms with E-state index in [1.54, 1.807) is 18.5 Å². The van der Waals surface area contributed by atoms with E-state index in [1.165, 1.54) is 56.0 Å². The third-order valence-electron chi connectivity index (χ3n) is 16.6. The number of nitrogens with zero attached hydrogens (tertiary/aromatic N) is 10. The molecule has 0 spiro atoms. The minimum atomic E-state index is -1.40. The number of nitrogens with two attached hydrogens (primary N) is 1. The first-order valence-electron chi connectivity index (χ1n) is 34.3. The van der Waals surface area contributed by atoms with Crippen LogP contribution in [-0.2, 0) is 9.59 Å². The van der Waals surface area contributed by atoms with E-state index in [0.717, 1.165) is 93.8 Å². The molecule has 0 saturated heterocycles. The van der Waals surface area contributed by atoms with Crippen LogP contribution in [0.15, 0.2) is 237 Å².